The Balaban J connectivity index is 1.99. The molecule has 1 aromatic heterocycles. The van der Waals surface area contributed by atoms with Crippen LogP contribution in [0.15, 0.2) is 10.9 Å². The molecule has 5 nitrogen and oxygen atoms in total. The Labute approximate surface area is 156 Å². The zero-order valence-electron chi connectivity index (χ0n) is 15.8. The number of benzene rings is 1. The molecular formula is C20H26F2N4O. The van der Waals surface area contributed by atoms with E-state index in [9.17, 15) is 4.79 Å². The molecule has 4 rings (SSSR count). The molecular weight excluding hydrogens is 350 g/mol. The summed E-state index contributed by atoms with van der Waals surface area (Å²) in [6.45, 7) is 4.92. The fourth-order valence-corrected chi connectivity index (χ4v) is 4.43. The van der Waals surface area contributed by atoms with Crippen molar-refractivity contribution in [2.75, 3.05) is 18.0 Å². The van der Waals surface area contributed by atoms with Crippen molar-refractivity contribution in [2.45, 2.75) is 51.7 Å². The number of aryl methyl sites for hydroxylation is 1. The summed E-state index contributed by atoms with van der Waals surface area (Å²) >= 11 is 0. The summed E-state index contributed by atoms with van der Waals surface area (Å²) < 4.78 is 32.0. The second-order valence-corrected chi connectivity index (χ2v) is 7.99. The van der Waals surface area contributed by atoms with Gasteiger partial charge in [-0.1, -0.05) is 0 Å². The number of rotatable bonds is 4. The molecule has 1 saturated carbocycles. The Morgan fingerprint density at radius 2 is 1.96 bits per heavy atom. The Morgan fingerprint density at radius 3 is 2.52 bits per heavy atom. The maximum Gasteiger partial charge on any atom is 0.251 e. The number of hydrogen-bond acceptors (Lipinski definition) is 4. The predicted octanol–water partition coefficient (Wildman–Crippen LogP) is 2.56. The second-order valence-electron chi connectivity index (χ2n) is 7.99. The number of nitrogens with two attached hydrogens (primary N) is 2. The summed E-state index contributed by atoms with van der Waals surface area (Å²) in [6, 6.07) is 1.40. The third-order valence-corrected chi connectivity index (χ3v) is 6.08. The van der Waals surface area contributed by atoms with E-state index in [0.717, 1.165) is 19.3 Å². The number of pyridine rings is 1. The molecule has 146 valence electrons. The molecule has 0 radical (unpaired) electrons. The first-order chi connectivity index (χ1) is 12.8. The Kier molecular flexibility index (Phi) is 4.47. The fourth-order valence-electron chi connectivity index (χ4n) is 4.43. The van der Waals surface area contributed by atoms with E-state index in [4.69, 9.17) is 11.5 Å². The van der Waals surface area contributed by atoms with Gasteiger partial charge in [-0.25, -0.2) is 8.78 Å². The van der Waals surface area contributed by atoms with Crippen LogP contribution in [0.1, 0.15) is 43.4 Å². The van der Waals surface area contributed by atoms with Crippen LogP contribution in [0.4, 0.5) is 14.5 Å². The third-order valence-electron chi connectivity index (χ3n) is 6.08. The minimum atomic E-state index is -0.912. The number of halogens is 2. The molecule has 1 aliphatic heterocycles. The Morgan fingerprint density at radius 1 is 1.26 bits per heavy atom. The number of hydrogen-bond donors (Lipinski definition) is 2. The first kappa shape index (κ1) is 18.4. The number of fused-ring (bicyclic) bond motifs is 1. The maximum absolute atomic E-state index is 15.2. The first-order valence-corrected chi connectivity index (χ1v) is 9.61. The van der Waals surface area contributed by atoms with E-state index in [-0.39, 0.29) is 41.2 Å². The van der Waals surface area contributed by atoms with Crippen LogP contribution in [-0.4, -0.2) is 23.7 Å². The molecule has 7 heteroatoms. The molecule has 27 heavy (non-hydrogen) atoms. The van der Waals surface area contributed by atoms with E-state index in [1.165, 1.54) is 6.07 Å². The molecule has 0 amide bonds. The summed E-state index contributed by atoms with van der Waals surface area (Å²) in [5, 5.41) is 0.144. The van der Waals surface area contributed by atoms with E-state index in [0.29, 0.717) is 29.7 Å². The van der Waals surface area contributed by atoms with E-state index in [1.807, 2.05) is 11.8 Å². The number of aromatic nitrogens is 1. The average Bonchev–Trinajstić information content (AvgIpc) is 3.35. The van der Waals surface area contributed by atoms with Crippen LogP contribution in [0.3, 0.4) is 0 Å². The zero-order valence-corrected chi connectivity index (χ0v) is 15.8. The van der Waals surface area contributed by atoms with Gasteiger partial charge in [0.05, 0.1) is 11.2 Å². The highest BCUT2D eigenvalue weighted by atomic mass is 19.2. The van der Waals surface area contributed by atoms with E-state index < -0.39 is 11.6 Å². The highest BCUT2D eigenvalue weighted by molar-refractivity contribution is 5.91. The molecule has 1 unspecified atom stereocenters. The van der Waals surface area contributed by atoms with Crippen molar-refractivity contribution in [3.8, 4) is 0 Å². The van der Waals surface area contributed by atoms with Gasteiger partial charge in [0, 0.05) is 48.7 Å². The molecule has 2 atom stereocenters. The van der Waals surface area contributed by atoms with Crippen LogP contribution < -0.4 is 21.9 Å². The summed E-state index contributed by atoms with van der Waals surface area (Å²) in [7, 11) is 0. The lowest BCUT2D eigenvalue weighted by atomic mass is 10.0. The monoisotopic (exact) mass is 376 g/mol. The van der Waals surface area contributed by atoms with Gasteiger partial charge in [-0.2, -0.15) is 0 Å². The predicted molar refractivity (Wildman–Crippen MR) is 103 cm³/mol. The van der Waals surface area contributed by atoms with Gasteiger partial charge in [0.1, 0.15) is 0 Å². The summed E-state index contributed by atoms with van der Waals surface area (Å²) in [5.74, 6) is -1.53. The van der Waals surface area contributed by atoms with Crippen LogP contribution >= 0.6 is 0 Å². The van der Waals surface area contributed by atoms with Crippen molar-refractivity contribution in [3.63, 3.8) is 0 Å². The van der Waals surface area contributed by atoms with Crippen molar-refractivity contribution in [2.24, 2.45) is 17.4 Å². The summed E-state index contributed by atoms with van der Waals surface area (Å²) in [6.07, 6.45) is 2.59. The van der Waals surface area contributed by atoms with Crippen LogP contribution in [0.5, 0.6) is 0 Å². The summed E-state index contributed by atoms with van der Waals surface area (Å²) in [4.78, 5) is 14.6. The van der Waals surface area contributed by atoms with Crippen LogP contribution in [-0.2, 0) is 6.54 Å². The third kappa shape index (κ3) is 2.84. The smallest absolute Gasteiger partial charge is 0.251 e. The highest BCUT2D eigenvalue weighted by Gasteiger charge is 2.34. The van der Waals surface area contributed by atoms with E-state index in [2.05, 4.69) is 0 Å². The quantitative estimate of drug-likeness (QED) is 0.860. The molecule has 1 aliphatic carbocycles. The minimum Gasteiger partial charge on any atom is -0.368 e. The molecule has 0 bridgehead atoms. The lowest BCUT2D eigenvalue weighted by Gasteiger charge is -2.26. The largest absolute Gasteiger partial charge is 0.368 e. The maximum atomic E-state index is 15.2. The van der Waals surface area contributed by atoms with E-state index >= 15 is 8.78 Å². The zero-order chi connectivity index (χ0) is 19.5. The molecule has 2 aliphatic rings. The lowest BCUT2D eigenvalue weighted by molar-refractivity contribution is 0.485. The topological polar surface area (TPSA) is 77.3 Å². The molecule has 1 aromatic carbocycles. The van der Waals surface area contributed by atoms with Gasteiger partial charge in [0.2, 0.25) is 0 Å². The van der Waals surface area contributed by atoms with Gasteiger partial charge in [-0.05, 0) is 44.6 Å². The van der Waals surface area contributed by atoms with E-state index in [1.54, 1.807) is 11.5 Å². The van der Waals surface area contributed by atoms with Crippen molar-refractivity contribution < 1.29 is 8.78 Å². The normalized spacial score (nSPS) is 21.3. The first-order valence-electron chi connectivity index (χ1n) is 9.61. The van der Waals surface area contributed by atoms with Gasteiger partial charge in [0.15, 0.2) is 11.6 Å². The molecule has 2 heterocycles. The molecule has 4 N–H and O–H groups in total. The van der Waals surface area contributed by atoms with Crippen LogP contribution in [0.25, 0.3) is 10.9 Å². The fraction of sp³-hybridized carbons (Fsp3) is 0.550. The van der Waals surface area contributed by atoms with Gasteiger partial charge >= 0.3 is 0 Å². The van der Waals surface area contributed by atoms with Gasteiger partial charge < -0.3 is 20.9 Å². The molecule has 2 aromatic rings. The number of nitrogens with zero attached hydrogens (tertiary/aromatic N) is 2. The Hall–Kier alpha value is -1.99. The van der Waals surface area contributed by atoms with Crippen molar-refractivity contribution in [1.29, 1.82) is 0 Å². The SMILES string of the molecule is Cc1c(N2CCC([C@H](C)N)C2)c(F)c(F)c2c(CN)cc(=O)n(C3CC3)c12. The highest BCUT2D eigenvalue weighted by Crippen LogP contribution is 2.42. The van der Waals surface area contributed by atoms with Gasteiger partial charge in [0.25, 0.3) is 5.56 Å². The number of anilines is 1. The average molecular weight is 376 g/mol. The van der Waals surface area contributed by atoms with Crippen molar-refractivity contribution in [1.82, 2.24) is 4.57 Å². The molecule has 0 spiro atoms. The molecule has 1 saturated heterocycles. The van der Waals surface area contributed by atoms with Crippen LogP contribution in [0, 0.1) is 24.5 Å². The lowest BCUT2D eigenvalue weighted by Crippen LogP contribution is -2.31. The standard InChI is InChI=1S/C20H26F2N4O/c1-10-19-16(13(8-23)7-15(27)26(19)14-3-4-14)17(21)18(22)20(10)25-6-5-12(9-25)11(2)24/h7,11-12,14H,3-6,8-9,23-24H2,1-2H3/t11-,12?/m0/s1. The second kappa shape index (κ2) is 6.56. The van der Waals surface area contributed by atoms with Gasteiger partial charge in [-0.3, -0.25) is 4.79 Å². The van der Waals surface area contributed by atoms with Gasteiger partial charge in [-0.15, -0.1) is 0 Å². The summed E-state index contributed by atoms with van der Waals surface area (Å²) in [5.41, 5.74) is 13.3. The molecule has 2 fully saturated rings. The van der Waals surface area contributed by atoms with Crippen molar-refractivity contribution >= 4 is 16.6 Å². The minimum absolute atomic E-state index is 0.00263. The Bertz CT molecular complexity index is 965. The van der Waals surface area contributed by atoms with Crippen LogP contribution in [0.2, 0.25) is 0 Å². The van der Waals surface area contributed by atoms with Crippen molar-refractivity contribution in [3.05, 3.63) is 39.2 Å².